The van der Waals surface area contributed by atoms with Gasteiger partial charge >= 0.3 is 0 Å². The number of nitrogens with two attached hydrogens (primary N) is 1. The van der Waals surface area contributed by atoms with Crippen LogP contribution in [0.1, 0.15) is 20.7 Å². The Hall–Kier alpha value is -2.82. The highest BCUT2D eigenvalue weighted by atomic mass is 16.3. The molecule has 4 N–H and O–H groups in total. The fourth-order valence-corrected chi connectivity index (χ4v) is 1.59. The van der Waals surface area contributed by atoms with Crippen LogP contribution in [0.5, 0.6) is 5.75 Å². The van der Waals surface area contributed by atoms with Gasteiger partial charge in [0.05, 0.1) is 5.69 Å². The second-order valence-electron chi connectivity index (χ2n) is 3.92. The molecule has 0 saturated heterocycles. The molecule has 0 spiro atoms. The van der Waals surface area contributed by atoms with Crippen molar-refractivity contribution in [1.29, 1.82) is 0 Å². The van der Waals surface area contributed by atoms with Gasteiger partial charge in [-0.25, -0.2) is 0 Å². The first-order chi connectivity index (χ1) is 9.08. The molecule has 0 unspecified atom stereocenters. The fraction of sp³-hybridized carbons (Fsp3) is 0. The normalized spacial score (nSPS) is 9.89. The number of para-hydroxylation sites is 2. The van der Waals surface area contributed by atoms with Crippen molar-refractivity contribution in [3.8, 4) is 5.75 Å². The van der Waals surface area contributed by atoms with Crippen LogP contribution in [-0.2, 0) is 0 Å². The van der Waals surface area contributed by atoms with E-state index >= 15 is 0 Å². The summed E-state index contributed by atoms with van der Waals surface area (Å²) in [5.41, 5.74) is 6.00. The van der Waals surface area contributed by atoms with Crippen molar-refractivity contribution in [1.82, 2.24) is 0 Å². The highest BCUT2D eigenvalue weighted by molar-refractivity contribution is 6.06. The third-order valence-corrected chi connectivity index (χ3v) is 2.56. The maximum Gasteiger partial charge on any atom is 0.255 e. The lowest BCUT2D eigenvalue weighted by molar-refractivity contribution is 0.1000. The lowest BCUT2D eigenvalue weighted by Gasteiger charge is -2.07. The van der Waals surface area contributed by atoms with Gasteiger partial charge in [-0.05, 0) is 30.3 Å². The molecule has 5 nitrogen and oxygen atoms in total. The van der Waals surface area contributed by atoms with Gasteiger partial charge in [-0.15, -0.1) is 0 Å². The van der Waals surface area contributed by atoms with Crippen molar-refractivity contribution < 1.29 is 14.7 Å². The summed E-state index contributed by atoms with van der Waals surface area (Å²) in [4.78, 5) is 23.0. The van der Waals surface area contributed by atoms with Gasteiger partial charge in [-0.2, -0.15) is 0 Å². The standard InChI is InChI=1S/C14H12N2O3/c15-13(18)9-4-3-5-10(8-9)14(19)16-11-6-1-2-7-12(11)17/h1-8,17H,(H2,15,18)(H,16,19). The molecule has 19 heavy (non-hydrogen) atoms. The minimum atomic E-state index is -0.600. The van der Waals surface area contributed by atoms with E-state index in [4.69, 9.17) is 5.73 Å². The Bertz CT molecular complexity index is 638. The summed E-state index contributed by atoms with van der Waals surface area (Å²) in [7, 11) is 0. The van der Waals surface area contributed by atoms with E-state index in [0.717, 1.165) is 0 Å². The Morgan fingerprint density at radius 3 is 2.37 bits per heavy atom. The number of anilines is 1. The molecule has 2 rings (SSSR count). The zero-order chi connectivity index (χ0) is 13.8. The van der Waals surface area contributed by atoms with Gasteiger partial charge < -0.3 is 16.2 Å². The van der Waals surface area contributed by atoms with E-state index in [1.54, 1.807) is 30.3 Å². The van der Waals surface area contributed by atoms with Crippen LogP contribution in [0.3, 0.4) is 0 Å². The Morgan fingerprint density at radius 2 is 1.68 bits per heavy atom. The lowest BCUT2D eigenvalue weighted by atomic mass is 10.1. The average molecular weight is 256 g/mol. The Balaban J connectivity index is 2.23. The number of hydrogen-bond acceptors (Lipinski definition) is 3. The van der Waals surface area contributed by atoms with Gasteiger partial charge in [0.25, 0.3) is 5.91 Å². The molecule has 0 heterocycles. The topological polar surface area (TPSA) is 92.4 Å². The molecule has 0 aliphatic heterocycles. The van der Waals surface area contributed by atoms with Crippen molar-refractivity contribution >= 4 is 17.5 Å². The lowest BCUT2D eigenvalue weighted by Crippen LogP contribution is -2.15. The molecule has 96 valence electrons. The van der Waals surface area contributed by atoms with E-state index in [1.165, 1.54) is 18.2 Å². The number of hydrogen-bond donors (Lipinski definition) is 3. The van der Waals surface area contributed by atoms with Crippen LogP contribution < -0.4 is 11.1 Å². The average Bonchev–Trinajstić information content (AvgIpc) is 2.41. The van der Waals surface area contributed by atoms with E-state index in [1.807, 2.05) is 0 Å². The number of phenols is 1. The molecule has 0 aliphatic rings. The Kier molecular flexibility index (Phi) is 3.47. The van der Waals surface area contributed by atoms with Gasteiger partial charge in [0, 0.05) is 11.1 Å². The highest BCUT2D eigenvalue weighted by Gasteiger charge is 2.10. The van der Waals surface area contributed by atoms with Gasteiger partial charge in [0.1, 0.15) is 5.75 Å². The van der Waals surface area contributed by atoms with Crippen molar-refractivity contribution in [2.45, 2.75) is 0 Å². The van der Waals surface area contributed by atoms with Crippen molar-refractivity contribution in [3.63, 3.8) is 0 Å². The summed E-state index contributed by atoms with van der Waals surface area (Å²) in [6.45, 7) is 0. The monoisotopic (exact) mass is 256 g/mol. The summed E-state index contributed by atoms with van der Waals surface area (Å²) in [6, 6.07) is 12.4. The molecule has 0 fully saturated rings. The zero-order valence-electron chi connectivity index (χ0n) is 9.96. The molecule has 0 bridgehead atoms. The molecule has 2 aromatic rings. The predicted octanol–water partition coefficient (Wildman–Crippen LogP) is 1.74. The van der Waals surface area contributed by atoms with Crippen molar-refractivity contribution in [2.24, 2.45) is 5.73 Å². The second kappa shape index (κ2) is 5.22. The number of carbonyl (C=O) groups is 2. The number of primary amides is 1. The quantitative estimate of drug-likeness (QED) is 0.730. The van der Waals surface area contributed by atoms with E-state index in [0.29, 0.717) is 11.3 Å². The molecule has 2 aromatic carbocycles. The summed E-state index contributed by atoms with van der Waals surface area (Å²) < 4.78 is 0. The van der Waals surface area contributed by atoms with E-state index < -0.39 is 11.8 Å². The number of benzene rings is 2. The van der Waals surface area contributed by atoms with Crippen LogP contribution in [0.15, 0.2) is 48.5 Å². The molecule has 0 atom stereocenters. The van der Waals surface area contributed by atoms with Crippen LogP contribution in [0.2, 0.25) is 0 Å². The minimum Gasteiger partial charge on any atom is -0.506 e. The Morgan fingerprint density at radius 1 is 1.00 bits per heavy atom. The number of carbonyl (C=O) groups excluding carboxylic acids is 2. The molecule has 0 aliphatic carbocycles. The van der Waals surface area contributed by atoms with Crippen molar-refractivity contribution in [2.75, 3.05) is 5.32 Å². The number of rotatable bonds is 3. The molecule has 0 saturated carbocycles. The number of phenolic OH excluding ortho intramolecular Hbond substituents is 1. The number of nitrogens with one attached hydrogen (secondary N) is 1. The van der Waals surface area contributed by atoms with Gasteiger partial charge in [0.2, 0.25) is 5.91 Å². The maximum atomic E-state index is 12.0. The molecular formula is C14H12N2O3. The van der Waals surface area contributed by atoms with Crippen LogP contribution >= 0.6 is 0 Å². The van der Waals surface area contributed by atoms with Crippen LogP contribution in [0.4, 0.5) is 5.69 Å². The predicted molar refractivity (Wildman–Crippen MR) is 71.0 cm³/mol. The first-order valence-electron chi connectivity index (χ1n) is 5.57. The third kappa shape index (κ3) is 2.90. The molecule has 0 radical (unpaired) electrons. The first kappa shape index (κ1) is 12.6. The number of aromatic hydroxyl groups is 1. The largest absolute Gasteiger partial charge is 0.506 e. The molecule has 0 aromatic heterocycles. The summed E-state index contributed by atoms with van der Waals surface area (Å²) >= 11 is 0. The molecule has 2 amide bonds. The summed E-state index contributed by atoms with van der Waals surface area (Å²) in [5, 5.41) is 12.1. The summed E-state index contributed by atoms with van der Waals surface area (Å²) in [6.07, 6.45) is 0. The summed E-state index contributed by atoms with van der Waals surface area (Å²) in [5.74, 6) is -1.05. The molecular weight excluding hydrogens is 244 g/mol. The highest BCUT2D eigenvalue weighted by Crippen LogP contribution is 2.22. The third-order valence-electron chi connectivity index (χ3n) is 2.56. The van der Waals surface area contributed by atoms with Crippen LogP contribution in [-0.4, -0.2) is 16.9 Å². The van der Waals surface area contributed by atoms with E-state index in [-0.39, 0.29) is 11.3 Å². The number of amides is 2. The van der Waals surface area contributed by atoms with E-state index in [9.17, 15) is 14.7 Å². The smallest absolute Gasteiger partial charge is 0.255 e. The van der Waals surface area contributed by atoms with Gasteiger partial charge in [-0.3, -0.25) is 9.59 Å². The van der Waals surface area contributed by atoms with Crippen LogP contribution in [0.25, 0.3) is 0 Å². The van der Waals surface area contributed by atoms with Gasteiger partial charge in [-0.1, -0.05) is 18.2 Å². The van der Waals surface area contributed by atoms with Crippen molar-refractivity contribution in [3.05, 3.63) is 59.7 Å². The van der Waals surface area contributed by atoms with E-state index in [2.05, 4.69) is 5.32 Å². The second-order valence-corrected chi connectivity index (χ2v) is 3.92. The van der Waals surface area contributed by atoms with Crippen LogP contribution in [0, 0.1) is 0 Å². The fourth-order valence-electron chi connectivity index (χ4n) is 1.59. The maximum absolute atomic E-state index is 12.0. The molecule has 5 heteroatoms. The first-order valence-corrected chi connectivity index (χ1v) is 5.57. The van der Waals surface area contributed by atoms with Gasteiger partial charge in [0.15, 0.2) is 0 Å². The minimum absolute atomic E-state index is 0.0260. The Labute approximate surface area is 109 Å². The zero-order valence-corrected chi connectivity index (χ0v) is 9.96. The SMILES string of the molecule is NC(=O)c1cccc(C(=O)Nc2ccccc2O)c1.